The Hall–Kier alpha value is -1.68. The van der Waals surface area contributed by atoms with Crippen molar-refractivity contribution in [1.29, 1.82) is 0 Å². The second-order valence-electron chi connectivity index (χ2n) is 8.70. The molecule has 1 N–H and O–H groups in total. The number of rotatable bonds is 6. The SMILES string of the molecule is CC(=O)CC(C)(C)c1c(C)ccc(C)c1OC(=O)C(C)NC(C)(C)C. The van der Waals surface area contributed by atoms with Gasteiger partial charge in [0, 0.05) is 22.9 Å². The summed E-state index contributed by atoms with van der Waals surface area (Å²) in [6, 6.07) is 3.54. The maximum atomic E-state index is 12.6. The van der Waals surface area contributed by atoms with Gasteiger partial charge < -0.3 is 4.74 Å². The smallest absolute Gasteiger partial charge is 0.328 e. The van der Waals surface area contributed by atoms with Gasteiger partial charge in [0.2, 0.25) is 0 Å². The molecule has 4 nitrogen and oxygen atoms in total. The Balaban J connectivity index is 3.25. The highest BCUT2D eigenvalue weighted by Gasteiger charge is 2.31. The number of aryl methyl sites for hydroxylation is 2. The number of carbonyl (C=O) groups is 2. The number of ketones is 1. The van der Waals surface area contributed by atoms with Crippen LogP contribution < -0.4 is 10.1 Å². The molecule has 0 bridgehead atoms. The maximum absolute atomic E-state index is 12.6. The molecule has 0 fully saturated rings. The van der Waals surface area contributed by atoms with E-state index in [4.69, 9.17) is 4.74 Å². The lowest BCUT2D eigenvalue weighted by atomic mass is 9.77. The molecular formula is C21H33NO3. The third kappa shape index (κ3) is 5.96. The molecule has 0 radical (unpaired) electrons. The highest BCUT2D eigenvalue weighted by molar-refractivity contribution is 5.80. The molecule has 0 aromatic heterocycles. The molecule has 0 aliphatic rings. The summed E-state index contributed by atoms with van der Waals surface area (Å²) in [6.45, 7) is 17.4. The third-order valence-electron chi connectivity index (χ3n) is 4.14. The molecule has 1 rings (SSSR count). The van der Waals surface area contributed by atoms with Crippen LogP contribution in [0.1, 0.15) is 71.6 Å². The van der Waals surface area contributed by atoms with Gasteiger partial charge in [-0.2, -0.15) is 0 Å². The van der Waals surface area contributed by atoms with E-state index in [0.29, 0.717) is 12.2 Å². The molecular weight excluding hydrogens is 314 g/mol. The number of nitrogens with one attached hydrogen (secondary N) is 1. The topological polar surface area (TPSA) is 55.4 Å². The summed E-state index contributed by atoms with van der Waals surface area (Å²) in [5.41, 5.74) is 2.26. The van der Waals surface area contributed by atoms with Crippen LogP contribution in [0.15, 0.2) is 12.1 Å². The molecule has 1 unspecified atom stereocenters. The molecule has 1 aromatic carbocycles. The predicted molar refractivity (Wildman–Crippen MR) is 102 cm³/mol. The van der Waals surface area contributed by atoms with Crippen LogP contribution in [-0.2, 0) is 15.0 Å². The number of hydrogen-bond donors (Lipinski definition) is 1. The van der Waals surface area contributed by atoms with E-state index in [1.807, 2.05) is 60.6 Å². The van der Waals surface area contributed by atoms with E-state index < -0.39 is 11.5 Å². The number of esters is 1. The average molecular weight is 347 g/mol. The number of Topliss-reactive ketones (excluding diaryl/α,β-unsaturated/α-hetero) is 1. The summed E-state index contributed by atoms with van der Waals surface area (Å²) >= 11 is 0. The Bertz CT molecular complexity index is 654. The van der Waals surface area contributed by atoms with Gasteiger partial charge in [-0.3, -0.25) is 10.1 Å². The monoisotopic (exact) mass is 347 g/mol. The Labute approximate surface area is 152 Å². The van der Waals surface area contributed by atoms with E-state index in [9.17, 15) is 9.59 Å². The summed E-state index contributed by atoms with van der Waals surface area (Å²) in [7, 11) is 0. The summed E-state index contributed by atoms with van der Waals surface area (Å²) in [5.74, 6) is 0.383. The van der Waals surface area contributed by atoms with Crippen LogP contribution in [0.3, 0.4) is 0 Å². The standard InChI is InChI=1S/C21H33NO3/c1-13-10-11-14(2)18(17(13)21(8,9)12-15(3)23)25-19(24)16(4)22-20(5,6)7/h10-11,16,22H,12H2,1-9H3. The van der Waals surface area contributed by atoms with Gasteiger partial charge in [0.05, 0.1) is 0 Å². The fourth-order valence-corrected chi connectivity index (χ4v) is 3.37. The van der Waals surface area contributed by atoms with Gasteiger partial charge in [0.25, 0.3) is 0 Å². The van der Waals surface area contributed by atoms with E-state index in [2.05, 4.69) is 5.32 Å². The largest absolute Gasteiger partial charge is 0.425 e. The Morgan fingerprint density at radius 2 is 1.60 bits per heavy atom. The first-order valence-corrected chi connectivity index (χ1v) is 8.84. The highest BCUT2D eigenvalue weighted by Crippen LogP contribution is 2.39. The molecule has 0 aliphatic carbocycles. The van der Waals surface area contributed by atoms with Crippen LogP contribution >= 0.6 is 0 Å². The maximum Gasteiger partial charge on any atom is 0.328 e. The zero-order valence-electron chi connectivity index (χ0n) is 17.2. The summed E-state index contributed by atoms with van der Waals surface area (Å²) in [4.78, 5) is 24.3. The van der Waals surface area contributed by atoms with Crippen LogP contribution in [0.5, 0.6) is 5.75 Å². The van der Waals surface area contributed by atoms with Gasteiger partial charge in [-0.05, 0) is 59.6 Å². The number of carbonyl (C=O) groups excluding carboxylic acids is 2. The van der Waals surface area contributed by atoms with Crippen molar-refractivity contribution in [3.05, 3.63) is 28.8 Å². The van der Waals surface area contributed by atoms with Gasteiger partial charge >= 0.3 is 5.97 Å². The first kappa shape index (κ1) is 21.4. The minimum Gasteiger partial charge on any atom is -0.425 e. The van der Waals surface area contributed by atoms with Crippen molar-refractivity contribution in [3.63, 3.8) is 0 Å². The van der Waals surface area contributed by atoms with Gasteiger partial charge in [-0.25, -0.2) is 4.79 Å². The quantitative estimate of drug-likeness (QED) is 0.618. The molecule has 4 heteroatoms. The number of hydrogen-bond acceptors (Lipinski definition) is 4. The Morgan fingerprint density at radius 3 is 2.08 bits per heavy atom. The van der Waals surface area contributed by atoms with E-state index in [1.54, 1.807) is 13.8 Å². The number of ether oxygens (including phenoxy) is 1. The molecule has 25 heavy (non-hydrogen) atoms. The minimum atomic E-state index is -0.427. The van der Waals surface area contributed by atoms with Crippen LogP contribution in [-0.4, -0.2) is 23.3 Å². The normalized spacial score (nSPS) is 13.5. The lowest BCUT2D eigenvalue weighted by Crippen LogP contribution is -2.47. The third-order valence-corrected chi connectivity index (χ3v) is 4.14. The predicted octanol–water partition coefficient (Wildman–Crippen LogP) is 4.24. The van der Waals surface area contributed by atoms with Crippen molar-refractivity contribution >= 4 is 11.8 Å². The van der Waals surface area contributed by atoms with Gasteiger partial charge in [0.1, 0.15) is 17.6 Å². The lowest BCUT2D eigenvalue weighted by molar-refractivity contribution is -0.136. The van der Waals surface area contributed by atoms with Crippen molar-refractivity contribution in [1.82, 2.24) is 5.32 Å². The van der Waals surface area contributed by atoms with Gasteiger partial charge in [-0.1, -0.05) is 26.0 Å². The van der Waals surface area contributed by atoms with Crippen molar-refractivity contribution in [3.8, 4) is 5.75 Å². The van der Waals surface area contributed by atoms with Crippen molar-refractivity contribution in [2.75, 3.05) is 0 Å². The first-order chi connectivity index (χ1) is 11.2. The molecule has 0 spiro atoms. The van der Waals surface area contributed by atoms with Crippen LogP contribution in [0.2, 0.25) is 0 Å². The highest BCUT2D eigenvalue weighted by atomic mass is 16.5. The summed E-state index contributed by atoms with van der Waals surface area (Å²) in [5, 5.41) is 3.23. The van der Waals surface area contributed by atoms with Gasteiger partial charge in [0.15, 0.2) is 0 Å². The Kier molecular flexibility index (Phi) is 6.57. The molecule has 0 amide bonds. The molecule has 0 heterocycles. The zero-order chi connectivity index (χ0) is 19.6. The fourth-order valence-electron chi connectivity index (χ4n) is 3.37. The average Bonchev–Trinajstić information content (AvgIpc) is 2.39. The van der Waals surface area contributed by atoms with Crippen molar-refractivity contribution in [2.24, 2.45) is 0 Å². The van der Waals surface area contributed by atoms with E-state index in [1.165, 1.54) is 0 Å². The first-order valence-electron chi connectivity index (χ1n) is 8.84. The summed E-state index contributed by atoms with van der Waals surface area (Å²) in [6.07, 6.45) is 0.400. The summed E-state index contributed by atoms with van der Waals surface area (Å²) < 4.78 is 5.82. The molecule has 140 valence electrons. The second kappa shape index (κ2) is 7.69. The fraction of sp³-hybridized carbons (Fsp3) is 0.619. The number of benzene rings is 1. The Morgan fingerprint density at radius 1 is 1.08 bits per heavy atom. The second-order valence-corrected chi connectivity index (χ2v) is 8.70. The molecule has 0 saturated heterocycles. The van der Waals surface area contributed by atoms with E-state index in [-0.39, 0.29) is 17.3 Å². The van der Waals surface area contributed by atoms with Crippen molar-refractivity contribution < 1.29 is 14.3 Å². The van der Waals surface area contributed by atoms with Crippen molar-refractivity contribution in [2.45, 2.75) is 85.7 Å². The minimum absolute atomic E-state index is 0.117. The lowest BCUT2D eigenvalue weighted by Gasteiger charge is -2.30. The van der Waals surface area contributed by atoms with Crippen LogP contribution in [0.25, 0.3) is 0 Å². The molecule has 0 saturated carbocycles. The molecule has 1 atom stereocenters. The zero-order valence-corrected chi connectivity index (χ0v) is 17.2. The van der Waals surface area contributed by atoms with E-state index >= 15 is 0 Å². The van der Waals surface area contributed by atoms with Gasteiger partial charge in [-0.15, -0.1) is 0 Å². The van der Waals surface area contributed by atoms with Crippen LogP contribution in [0.4, 0.5) is 0 Å². The van der Waals surface area contributed by atoms with Crippen LogP contribution in [0, 0.1) is 13.8 Å². The molecule has 1 aromatic rings. The van der Waals surface area contributed by atoms with E-state index in [0.717, 1.165) is 16.7 Å². The molecule has 0 aliphatic heterocycles.